The van der Waals surface area contributed by atoms with Crippen molar-refractivity contribution in [2.45, 2.75) is 6.10 Å². The molecule has 0 saturated carbocycles. The monoisotopic (exact) mass is 432 g/mol. The van der Waals surface area contributed by atoms with E-state index in [-0.39, 0.29) is 27.5 Å². The Balaban J connectivity index is 1.86. The number of rotatable bonds is 5. The Hall–Kier alpha value is -2.79. The Bertz CT molecular complexity index is 1150. The third-order valence-corrected chi connectivity index (χ3v) is 5.37. The number of nitrogens with one attached hydrogen (secondary N) is 2. The number of hydrogen-bond acceptors (Lipinski definition) is 5. The summed E-state index contributed by atoms with van der Waals surface area (Å²) in [5.41, 5.74) is 1.28. The number of hydrogen-bond donors (Lipinski definition) is 2. The lowest BCUT2D eigenvalue weighted by Crippen LogP contribution is -2.50. The van der Waals surface area contributed by atoms with Gasteiger partial charge in [-0.15, -0.1) is 0 Å². The standard InChI is InChI=1S/C20H15Cl2FN4O2/c1-24-15-9-26-14-6-16(28-2)17(29-10-7-25-8-10)5-11(14)20(15)27-13-4-3-12(21)18(22)19(13)23/h3-6,9-10,25H,7-8H2,2H3,(H,26,27). The molecule has 3 aromatic rings. The van der Waals surface area contributed by atoms with Crippen LogP contribution >= 0.6 is 23.2 Å². The lowest BCUT2D eigenvalue weighted by molar-refractivity contribution is 0.137. The Kier molecular flexibility index (Phi) is 5.33. The molecule has 0 spiro atoms. The molecule has 9 heteroatoms. The van der Waals surface area contributed by atoms with Gasteiger partial charge in [-0.1, -0.05) is 23.2 Å². The molecule has 0 radical (unpaired) electrons. The van der Waals surface area contributed by atoms with Crippen molar-refractivity contribution in [3.63, 3.8) is 0 Å². The number of aromatic nitrogens is 1. The van der Waals surface area contributed by atoms with Gasteiger partial charge in [0.15, 0.2) is 17.3 Å². The fraction of sp³-hybridized carbons (Fsp3) is 0.200. The minimum Gasteiger partial charge on any atom is -0.493 e. The summed E-state index contributed by atoms with van der Waals surface area (Å²) < 4.78 is 26.0. The zero-order chi connectivity index (χ0) is 20.5. The van der Waals surface area contributed by atoms with Gasteiger partial charge in [0.05, 0.1) is 40.6 Å². The van der Waals surface area contributed by atoms with E-state index in [1.807, 2.05) is 0 Å². The van der Waals surface area contributed by atoms with Gasteiger partial charge in [0.1, 0.15) is 6.10 Å². The van der Waals surface area contributed by atoms with Crippen molar-refractivity contribution in [1.29, 1.82) is 0 Å². The number of benzene rings is 2. The van der Waals surface area contributed by atoms with Gasteiger partial charge in [-0.2, -0.15) is 0 Å². The Morgan fingerprint density at radius 3 is 2.72 bits per heavy atom. The van der Waals surface area contributed by atoms with E-state index >= 15 is 0 Å². The Labute approximate surface area is 176 Å². The molecule has 0 unspecified atom stereocenters. The molecule has 1 fully saturated rings. The summed E-state index contributed by atoms with van der Waals surface area (Å²) in [7, 11) is 1.55. The van der Waals surface area contributed by atoms with Gasteiger partial charge >= 0.3 is 0 Å². The van der Waals surface area contributed by atoms with Gasteiger partial charge in [0.25, 0.3) is 0 Å². The summed E-state index contributed by atoms with van der Waals surface area (Å²) in [6.07, 6.45) is 1.45. The van der Waals surface area contributed by atoms with E-state index in [0.29, 0.717) is 28.1 Å². The van der Waals surface area contributed by atoms with Crippen molar-refractivity contribution < 1.29 is 13.9 Å². The zero-order valence-electron chi connectivity index (χ0n) is 15.2. The number of halogens is 3. The first-order valence-corrected chi connectivity index (χ1v) is 9.43. The first-order valence-electron chi connectivity index (χ1n) is 8.68. The molecule has 6 nitrogen and oxygen atoms in total. The average Bonchev–Trinajstić information content (AvgIpc) is 2.70. The van der Waals surface area contributed by atoms with Crippen LogP contribution in [0, 0.1) is 12.4 Å². The van der Waals surface area contributed by atoms with Crippen LogP contribution in [0.3, 0.4) is 0 Å². The normalized spacial score (nSPS) is 13.6. The molecule has 2 heterocycles. The molecule has 1 saturated heterocycles. The van der Waals surface area contributed by atoms with Crippen molar-refractivity contribution in [2.24, 2.45) is 0 Å². The molecular weight excluding hydrogens is 418 g/mol. The van der Waals surface area contributed by atoms with Gasteiger partial charge in [0.2, 0.25) is 5.69 Å². The SMILES string of the molecule is [C-]#[N+]c1cnc2cc(OC)c(OC3CNC3)cc2c1Nc1ccc(Cl)c(Cl)c1F. The van der Waals surface area contributed by atoms with Crippen molar-refractivity contribution in [3.8, 4) is 11.5 Å². The quantitative estimate of drug-likeness (QED) is 0.421. The van der Waals surface area contributed by atoms with Crippen molar-refractivity contribution in [3.05, 3.63) is 57.7 Å². The second-order valence-corrected chi connectivity index (χ2v) is 7.18. The van der Waals surface area contributed by atoms with Crippen molar-refractivity contribution in [1.82, 2.24) is 10.3 Å². The highest BCUT2D eigenvalue weighted by Crippen LogP contribution is 2.41. The van der Waals surface area contributed by atoms with E-state index in [2.05, 4.69) is 20.5 Å². The second kappa shape index (κ2) is 7.91. The van der Waals surface area contributed by atoms with Crippen LogP contribution in [-0.4, -0.2) is 31.3 Å². The second-order valence-electron chi connectivity index (χ2n) is 6.40. The maximum absolute atomic E-state index is 14.6. The number of methoxy groups -OCH3 is 1. The lowest BCUT2D eigenvalue weighted by atomic mass is 10.1. The van der Waals surface area contributed by atoms with E-state index in [4.69, 9.17) is 39.2 Å². The first-order chi connectivity index (χ1) is 14.0. The third kappa shape index (κ3) is 3.62. The van der Waals surface area contributed by atoms with Crippen molar-refractivity contribution in [2.75, 3.05) is 25.5 Å². The number of anilines is 2. The lowest BCUT2D eigenvalue weighted by Gasteiger charge is -2.28. The third-order valence-electron chi connectivity index (χ3n) is 4.59. The summed E-state index contributed by atoms with van der Waals surface area (Å²) in [5, 5.41) is 6.61. The molecule has 4 rings (SSSR count). The molecule has 0 amide bonds. The summed E-state index contributed by atoms with van der Waals surface area (Å²) in [6.45, 7) is 8.95. The van der Waals surface area contributed by atoms with Crippen LogP contribution in [-0.2, 0) is 0 Å². The van der Waals surface area contributed by atoms with E-state index in [1.165, 1.54) is 18.3 Å². The summed E-state index contributed by atoms with van der Waals surface area (Å²) >= 11 is 11.8. The molecule has 0 atom stereocenters. The Morgan fingerprint density at radius 1 is 1.28 bits per heavy atom. The smallest absolute Gasteiger partial charge is 0.228 e. The molecule has 1 aliphatic heterocycles. The van der Waals surface area contributed by atoms with Crippen LogP contribution in [0.5, 0.6) is 11.5 Å². The van der Waals surface area contributed by atoms with Gasteiger partial charge in [-0.05, 0) is 18.2 Å². The number of nitrogens with zero attached hydrogens (tertiary/aromatic N) is 2. The van der Waals surface area contributed by atoms with Gasteiger partial charge in [-0.25, -0.2) is 9.24 Å². The molecule has 29 heavy (non-hydrogen) atoms. The number of ether oxygens (including phenoxy) is 2. The Morgan fingerprint density at radius 2 is 2.07 bits per heavy atom. The fourth-order valence-electron chi connectivity index (χ4n) is 2.94. The highest BCUT2D eigenvalue weighted by atomic mass is 35.5. The highest BCUT2D eigenvalue weighted by Gasteiger charge is 2.22. The van der Waals surface area contributed by atoms with E-state index < -0.39 is 5.82 Å². The van der Waals surface area contributed by atoms with Crippen LogP contribution in [0.4, 0.5) is 21.5 Å². The molecular formula is C20H15Cl2FN4O2. The largest absolute Gasteiger partial charge is 0.493 e. The molecule has 148 valence electrons. The van der Waals surface area contributed by atoms with Crippen LogP contribution in [0.25, 0.3) is 15.7 Å². The molecule has 1 aromatic heterocycles. The van der Waals surface area contributed by atoms with E-state index in [0.717, 1.165) is 13.1 Å². The molecule has 2 N–H and O–H groups in total. The van der Waals surface area contributed by atoms with Gasteiger partial charge in [0, 0.05) is 30.7 Å². The predicted molar refractivity (Wildman–Crippen MR) is 112 cm³/mol. The van der Waals surface area contributed by atoms with E-state index in [9.17, 15) is 4.39 Å². The minimum atomic E-state index is -0.703. The first kappa shape index (κ1) is 19.5. The number of pyridine rings is 1. The fourth-order valence-corrected chi connectivity index (χ4v) is 3.25. The van der Waals surface area contributed by atoms with Crippen LogP contribution in [0.1, 0.15) is 0 Å². The van der Waals surface area contributed by atoms with Gasteiger partial charge < -0.3 is 20.1 Å². The van der Waals surface area contributed by atoms with Crippen LogP contribution in [0.2, 0.25) is 10.0 Å². The maximum Gasteiger partial charge on any atom is 0.228 e. The summed E-state index contributed by atoms with van der Waals surface area (Å²) in [4.78, 5) is 7.84. The van der Waals surface area contributed by atoms with Crippen LogP contribution in [0.15, 0.2) is 30.5 Å². The molecule has 0 bridgehead atoms. The summed E-state index contributed by atoms with van der Waals surface area (Å²) in [6, 6.07) is 6.41. The number of fused-ring (bicyclic) bond motifs is 1. The molecule has 2 aromatic carbocycles. The van der Waals surface area contributed by atoms with E-state index in [1.54, 1.807) is 19.2 Å². The summed E-state index contributed by atoms with van der Waals surface area (Å²) in [5.74, 6) is 0.345. The van der Waals surface area contributed by atoms with Crippen molar-refractivity contribution >= 4 is 51.2 Å². The molecule has 1 aliphatic rings. The van der Waals surface area contributed by atoms with Gasteiger partial charge in [-0.3, -0.25) is 4.98 Å². The predicted octanol–water partition coefficient (Wildman–Crippen LogP) is 5.33. The average molecular weight is 433 g/mol. The topological polar surface area (TPSA) is 59.8 Å². The zero-order valence-corrected chi connectivity index (χ0v) is 16.7. The minimum absolute atomic E-state index is 0.0299. The van der Waals surface area contributed by atoms with Crippen LogP contribution < -0.4 is 20.1 Å². The highest BCUT2D eigenvalue weighted by molar-refractivity contribution is 6.42. The maximum atomic E-state index is 14.6. The molecule has 0 aliphatic carbocycles.